The highest BCUT2D eigenvalue weighted by atomic mass is 16.7. The molecule has 0 saturated carbocycles. The maximum atomic E-state index is 10.3. The van der Waals surface area contributed by atoms with Crippen molar-refractivity contribution >= 4 is 12.1 Å². The molecule has 0 atom stereocenters. The van der Waals surface area contributed by atoms with Crippen molar-refractivity contribution in [2.75, 3.05) is 0 Å². The van der Waals surface area contributed by atoms with Crippen molar-refractivity contribution in [2.24, 2.45) is 0 Å². The number of rotatable bonds is 1. The second-order valence-corrected chi connectivity index (χ2v) is 1.25. The predicted molar refractivity (Wildman–Crippen MR) is 28.9 cm³/mol. The van der Waals surface area contributed by atoms with E-state index in [0.717, 1.165) is 0 Å². The third kappa shape index (κ3) is 2.47. The van der Waals surface area contributed by atoms with Crippen LogP contribution in [0.3, 0.4) is 0 Å². The summed E-state index contributed by atoms with van der Waals surface area (Å²) in [6, 6.07) is 1.34. The molecule has 0 spiro atoms. The fraction of sp³-hybridized carbons (Fsp3) is 0. The highest BCUT2D eigenvalue weighted by Gasteiger charge is 2.11. The second kappa shape index (κ2) is 3.25. The van der Waals surface area contributed by atoms with Gasteiger partial charge < -0.3 is 9.84 Å². The van der Waals surface area contributed by atoms with Crippen LogP contribution in [0.15, 0.2) is 12.2 Å². The minimum Gasteiger partial charge on any atom is -0.449 e. The molecule has 0 rings (SSSR count). The Morgan fingerprint density at radius 2 is 2.10 bits per heavy atom. The topological polar surface area (TPSA) is 87.4 Å². The van der Waals surface area contributed by atoms with Gasteiger partial charge in [-0.25, -0.2) is 9.59 Å². The first kappa shape index (κ1) is 8.17. The molecule has 0 bridgehead atoms. The molecule has 5 nitrogen and oxygen atoms in total. The van der Waals surface area contributed by atoms with Crippen molar-refractivity contribution in [1.29, 1.82) is 5.26 Å². The van der Waals surface area contributed by atoms with Gasteiger partial charge in [-0.15, -0.1) is 0 Å². The third-order valence-corrected chi connectivity index (χ3v) is 0.561. The lowest BCUT2D eigenvalue weighted by atomic mass is 10.3. The van der Waals surface area contributed by atoms with Gasteiger partial charge in [0, 0.05) is 0 Å². The first-order valence-electron chi connectivity index (χ1n) is 2.12. The third-order valence-electron chi connectivity index (χ3n) is 0.561. The van der Waals surface area contributed by atoms with Crippen LogP contribution in [0, 0.1) is 11.3 Å². The normalized spacial score (nSPS) is 7.50. The molecule has 0 aromatic rings. The molecule has 0 aromatic heterocycles. The van der Waals surface area contributed by atoms with Crippen LogP contribution in [0.4, 0.5) is 4.79 Å². The Kier molecular flexibility index (Phi) is 2.65. The average Bonchev–Trinajstić information content (AvgIpc) is 1.85. The minimum absolute atomic E-state index is 0.539. The van der Waals surface area contributed by atoms with Crippen LogP contribution in [0.25, 0.3) is 0 Å². The molecule has 1 N–H and O–H groups in total. The number of nitriles is 1. The maximum absolute atomic E-state index is 10.3. The summed E-state index contributed by atoms with van der Waals surface area (Å²) in [5, 5.41) is 15.8. The van der Waals surface area contributed by atoms with Crippen LogP contribution < -0.4 is 0 Å². The van der Waals surface area contributed by atoms with E-state index in [1.54, 1.807) is 0 Å². The Balaban J connectivity index is 4.02. The largest absolute Gasteiger partial charge is 0.513 e. The molecule has 0 amide bonds. The summed E-state index contributed by atoms with van der Waals surface area (Å²) in [4.78, 5) is 19.9. The van der Waals surface area contributed by atoms with Gasteiger partial charge in [-0.05, 0) is 0 Å². The van der Waals surface area contributed by atoms with E-state index in [9.17, 15) is 9.59 Å². The number of hydrogen-bond donors (Lipinski definition) is 1. The van der Waals surface area contributed by atoms with E-state index in [2.05, 4.69) is 11.3 Å². The number of ether oxygens (including phenoxy) is 1. The lowest BCUT2D eigenvalue weighted by Gasteiger charge is -1.91. The standard InChI is InChI=1S/C5H3NO4/c1-3(2-6)4(7)10-5(8)9/h1H2,(H,8,9). The van der Waals surface area contributed by atoms with E-state index in [4.69, 9.17) is 10.4 Å². The summed E-state index contributed by atoms with van der Waals surface area (Å²) >= 11 is 0. The average molecular weight is 141 g/mol. The van der Waals surface area contributed by atoms with Crippen LogP contribution in [0.1, 0.15) is 0 Å². The van der Waals surface area contributed by atoms with Crippen LogP contribution in [-0.2, 0) is 9.53 Å². The molecule has 0 unspecified atom stereocenters. The van der Waals surface area contributed by atoms with Gasteiger partial charge in [0.25, 0.3) is 0 Å². The van der Waals surface area contributed by atoms with Gasteiger partial charge in [0.1, 0.15) is 11.6 Å². The van der Waals surface area contributed by atoms with Crippen LogP contribution in [0.2, 0.25) is 0 Å². The van der Waals surface area contributed by atoms with Gasteiger partial charge >= 0.3 is 12.1 Å². The molecule has 52 valence electrons. The monoisotopic (exact) mass is 141 g/mol. The van der Waals surface area contributed by atoms with Gasteiger partial charge in [-0.3, -0.25) is 0 Å². The van der Waals surface area contributed by atoms with Gasteiger partial charge in [0.15, 0.2) is 0 Å². The number of carboxylic acid groups (broad SMARTS) is 1. The molecule has 0 aliphatic rings. The molecule has 0 heterocycles. The van der Waals surface area contributed by atoms with E-state index in [1.165, 1.54) is 6.07 Å². The second-order valence-electron chi connectivity index (χ2n) is 1.25. The van der Waals surface area contributed by atoms with Crippen molar-refractivity contribution < 1.29 is 19.4 Å². The number of carbonyl (C=O) groups excluding carboxylic acids is 1. The molecule has 0 saturated heterocycles. The van der Waals surface area contributed by atoms with Gasteiger partial charge in [-0.1, -0.05) is 6.58 Å². The van der Waals surface area contributed by atoms with Crippen molar-refractivity contribution in [2.45, 2.75) is 0 Å². The summed E-state index contributed by atoms with van der Waals surface area (Å²) in [5.74, 6) is -1.24. The lowest BCUT2D eigenvalue weighted by Crippen LogP contribution is -2.10. The van der Waals surface area contributed by atoms with E-state index >= 15 is 0 Å². The first-order valence-corrected chi connectivity index (χ1v) is 2.12. The van der Waals surface area contributed by atoms with Crippen molar-refractivity contribution in [3.8, 4) is 6.07 Å². The zero-order chi connectivity index (χ0) is 8.15. The molecule has 5 heteroatoms. The number of hydrogen-bond acceptors (Lipinski definition) is 4. The van der Waals surface area contributed by atoms with Crippen molar-refractivity contribution in [3.05, 3.63) is 12.2 Å². The summed E-state index contributed by atoms with van der Waals surface area (Å²) in [6.07, 6.45) is -1.75. The summed E-state index contributed by atoms with van der Waals surface area (Å²) < 4.78 is 3.56. The molecule has 0 fully saturated rings. The van der Waals surface area contributed by atoms with Crippen LogP contribution >= 0.6 is 0 Å². The fourth-order valence-electron chi connectivity index (χ4n) is 0.187. The Bertz CT molecular complexity index is 224. The molecular formula is C5H3NO4. The lowest BCUT2D eigenvalue weighted by molar-refractivity contribution is -0.134. The Labute approximate surface area is 56.1 Å². The molecular weight excluding hydrogens is 138 g/mol. The van der Waals surface area contributed by atoms with Crippen LogP contribution in [-0.4, -0.2) is 17.2 Å². The Morgan fingerprint density at radius 3 is 2.40 bits per heavy atom. The van der Waals surface area contributed by atoms with Crippen molar-refractivity contribution in [1.82, 2.24) is 0 Å². The number of esters is 1. The van der Waals surface area contributed by atoms with Crippen LogP contribution in [0.5, 0.6) is 0 Å². The number of nitrogens with zero attached hydrogens (tertiary/aromatic N) is 1. The minimum atomic E-state index is -1.75. The van der Waals surface area contributed by atoms with Gasteiger partial charge in [0.05, 0.1) is 0 Å². The van der Waals surface area contributed by atoms with Gasteiger partial charge in [0.2, 0.25) is 0 Å². The molecule has 10 heavy (non-hydrogen) atoms. The van der Waals surface area contributed by atoms with Gasteiger partial charge in [-0.2, -0.15) is 5.26 Å². The van der Waals surface area contributed by atoms with E-state index in [-0.39, 0.29) is 0 Å². The Morgan fingerprint density at radius 1 is 1.60 bits per heavy atom. The fourth-order valence-corrected chi connectivity index (χ4v) is 0.187. The smallest absolute Gasteiger partial charge is 0.449 e. The Hall–Kier alpha value is -1.83. The summed E-state index contributed by atoms with van der Waals surface area (Å²) in [5.41, 5.74) is -0.539. The molecule has 0 radical (unpaired) electrons. The quantitative estimate of drug-likeness (QED) is 0.245. The summed E-state index contributed by atoms with van der Waals surface area (Å²) in [7, 11) is 0. The first-order chi connectivity index (χ1) is 4.57. The SMILES string of the molecule is C=C(C#N)C(=O)OC(=O)O. The van der Waals surface area contributed by atoms with E-state index in [1.807, 2.05) is 0 Å². The van der Waals surface area contributed by atoms with Crippen molar-refractivity contribution in [3.63, 3.8) is 0 Å². The maximum Gasteiger partial charge on any atom is 0.513 e. The zero-order valence-electron chi connectivity index (χ0n) is 4.83. The highest BCUT2D eigenvalue weighted by Crippen LogP contribution is 1.91. The molecule has 0 aliphatic heterocycles. The predicted octanol–water partition coefficient (Wildman–Crippen LogP) is 0.287. The van der Waals surface area contributed by atoms with E-state index < -0.39 is 17.7 Å². The molecule has 0 aromatic carbocycles. The zero-order valence-corrected chi connectivity index (χ0v) is 4.83. The molecule has 0 aliphatic carbocycles. The summed E-state index contributed by atoms with van der Waals surface area (Å²) in [6.45, 7) is 2.93. The number of carbonyl (C=O) groups is 2. The van der Waals surface area contributed by atoms with E-state index in [0.29, 0.717) is 0 Å². The highest BCUT2D eigenvalue weighted by molar-refractivity contribution is 5.96.